The molecule has 2 rings (SSSR count). The minimum absolute atomic E-state index is 0.0291. The van der Waals surface area contributed by atoms with Gasteiger partial charge >= 0.3 is 0 Å². The van der Waals surface area contributed by atoms with Gasteiger partial charge in [0.15, 0.2) is 5.58 Å². The van der Waals surface area contributed by atoms with E-state index >= 15 is 0 Å². The fourth-order valence-corrected chi connectivity index (χ4v) is 2.53. The SMILES string of the molecule is CCCCc1noc2ccc(C)c(OCC(O)CNC(C)(C)C)c12. The van der Waals surface area contributed by atoms with Crippen molar-refractivity contribution in [2.45, 2.75) is 65.5 Å². The number of hydrogen-bond acceptors (Lipinski definition) is 5. The summed E-state index contributed by atoms with van der Waals surface area (Å²) >= 11 is 0. The van der Waals surface area contributed by atoms with Crippen LogP contribution in [-0.4, -0.2) is 35.1 Å². The van der Waals surface area contributed by atoms with Gasteiger partial charge in [-0.1, -0.05) is 24.6 Å². The Morgan fingerprint density at radius 3 is 2.75 bits per heavy atom. The Morgan fingerprint density at radius 2 is 2.08 bits per heavy atom. The van der Waals surface area contributed by atoms with Gasteiger partial charge in [0.25, 0.3) is 0 Å². The van der Waals surface area contributed by atoms with Gasteiger partial charge in [-0.25, -0.2) is 0 Å². The van der Waals surface area contributed by atoms with Gasteiger partial charge in [0, 0.05) is 12.1 Å². The van der Waals surface area contributed by atoms with E-state index in [4.69, 9.17) is 9.26 Å². The van der Waals surface area contributed by atoms with Crippen LogP contribution in [0.2, 0.25) is 0 Å². The van der Waals surface area contributed by atoms with E-state index in [2.05, 4.69) is 38.2 Å². The van der Waals surface area contributed by atoms with Crippen LogP contribution in [0.1, 0.15) is 51.8 Å². The Hall–Kier alpha value is -1.59. The van der Waals surface area contributed by atoms with Crippen LogP contribution in [0, 0.1) is 6.92 Å². The van der Waals surface area contributed by atoms with E-state index < -0.39 is 6.10 Å². The molecule has 2 N–H and O–H groups in total. The molecule has 1 atom stereocenters. The van der Waals surface area contributed by atoms with Crippen LogP contribution in [0.25, 0.3) is 11.0 Å². The topological polar surface area (TPSA) is 67.5 Å². The van der Waals surface area contributed by atoms with Crippen molar-refractivity contribution in [3.8, 4) is 5.75 Å². The zero-order valence-corrected chi connectivity index (χ0v) is 15.5. The average molecular weight is 334 g/mol. The molecule has 2 aromatic rings. The smallest absolute Gasteiger partial charge is 0.170 e. The fourth-order valence-electron chi connectivity index (χ4n) is 2.53. The van der Waals surface area contributed by atoms with Gasteiger partial charge in [-0.3, -0.25) is 0 Å². The highest BCUT2D eigenvalue weighted by molar-refractivity contribution is 5.87. The number of hydrogen-bond donors (Lipinski definition) is 2. The quantitative estimate of drug-likeness (QED) is 0.772. The molecule has 0 saturated heterocycles. The third-order valence-electron chi connectivity index (χ3n) is 3.91. The molecule has 1 aromatic carbocycles. The van der Waals surface area contributed by atoms with Crippen molar-refractivity contribution < 1.29 is 14.4 Å². The highest BCUT2D eigenvalue weighted by Crippen LogP contribution is 2.33. The molecular formula is C19H30N2O3. The van der Waals surface area contributed by atoms with Crippen LogP contribution in [0.4, 0.5) is 0 Å². The van der Waals surface area contributed by atoms with Gasteiger partial charge in [0.2, 0.25) is 0 Å². The lowest BCUT2D eigenvalue weighted by atomic mass is 10.1. The predicted molar refractivity (Wildman–Crippen MR) is 96.6 cm³/mol. The second-order valence-corrected chi connectivity index (χ2v) is 7.41. The molecule has 1 aromatic heterocycles. The fraction of sp³-hybridized carbons (Fsp3) is 0.632. The summed E-state index contributed by atoms with van der Waals surface area (Å²) in [7, 11) is 0. The molecule has 0 fully saturated rings. The van der Waals surface area contributed by atoms with Crippen molar-refractivity contribution in [1.29, 1.82) is 0 Å². The highest BCUT2D eigenvalue weighted by atomic mass is 16.5. The first kappa shape index (κ1) is 18.7. The molecule has 0 radical (unpaired) electrons. The Balaban J connectivity index is 2.12. The van der Waals surface area contributed by atoms with Gasteiger partial charge in [-0.2, -0.15) is 0 Å². The third kappa shape index (κ3) is 4.95. The Labute approximate surface area is 144 Å². The lowest BCUT2D eigenvalue weighted by Gasteiger charge is -2.23. The van der Waals surface area contributed by atoms with Gasteiger partial charge < -0.3 is 19.7 Å². The predicted octanol–water partition coefficient (Wildman–Crippen LogP) is 3.61. The number of aromatic nitrogens is 1. The van der Waals surface area contributed by atoms with Gasteiger partial charge in [0.05, 0.1) is 11.1 Å². The first-order valence-corrected chi connectivity index (χ1v) is 8.75. The molecular weight excluding hydrogens is 304 g/mol. The van der Waals surface area contributed by atoms with Crippen LogP contribution in [0.5, 0.6) is 5.75 Å². The van der Waals surface area contributed by atoms with E-state index in [1.807, 2.05) is 19.1 Å². The summed E-state index contributed by atoms with van der Waals surface area (Å²) in [6.45, 7) is 11.1. The van der Waals surface area contributed by atoms with Gasteiger partial charge in [-0.15, -0.1) is 0 Å². The van der Waals surface area contributed by atoms with Crippen molar-refractivity contribution in [2.75, 3.05) is 13.2 Å². The minimum atomic E-state index is -0.571. The zero-order valence-electron chi connectivity index (χ0n) is 15.5. The molecule has 0 spiro atoms. The number of nitrogens with one attached hydrogen (secondary N) is 1. The number of ether oxygens (including phenoxy) is 1. The minimum Gasteiger partial charge on any atom is -0.490 e. The van der Waals surface area contributed by atoms with Crippen molar-refractivity contribution in [3.63, 3.8) is 0 Å². The highest BCUT2D eigenvalue weighted by Gasteiger charge is 2.18. The monoisotopic (exact) mass is 334 g/mol. The van der Waals surface area contributed by atoms with Crippen LogP contribution in [-0.2, 0) is 6.42 Å². The molecule has 5 nitrogen and oxygen atoms in total. The standard InChI is InChI=1S/C19H30N2O3/c1-6-7-8-15-17-16(24-21-15)10-9-13(2)18(17)23-12-14(22)11-20-19(3,4)5/h9-10,14,20,22H,6-8,11-12H2,1-5H3. The van der Waals surface area contributed by atoms with Crippen LogP contribution < -0.4 is 10.1 Å². The number of nitrogens with zero attached hydrogens (tertiary/aromatic N) is 1. The molecule has 0 aliphatic rings. The average Bonchev–Trinajstić information content (AvgIpc) is 2.92. The number of aryl methyl sites for hydroxylation is 2. The van der Waals surface area contributed by atoms with E-state index in [-0.39, 0.29) is 12.1 Å². The van der Waals surface area contributed by atoms with Gasteiger partial charge in [0.1, 0.15) is 18.5 Å². The van der Waals surface area contributed by atoms with Crippen LogP contribution in [0.3, 0.4) is 0 Å². The molecule has 5 heteroatoms. The molecule has 1 heterocycles. The van der Waals surface area contributed by atoms with Crippen LogP contribution >= 0.6 is 0 Å². The summed E-state index contributed by atoms with van der Waals surface area (Å²) in [6, 6.07) is 3.89. The summed E-state index contributed by atoms with van der Waals surface area (Å²) in [5, 5.41) is 18.6. The first-order chi connectivity index (χ1) is 11.3. The Bertz CT molecular complexity index is 658. The molecule has 0 saturated carbocycles. The van der Waals surface area contributed by atoms with E-state index in [9.17, 15) is 5.11 Å². The van der Waals surface area contributed by atoms with E-state index in [1.165, 1.54) is 0 Å². The number of β-amino-alcohol motifs (C(OH)–C–C–N with tert-alkyl or cyclic N) is 1. The maximum Gasteiger partial charge on any atom is 0.170 e. The largest absolute Gasteiger partial charge is 0.490 e. The Kier molecular flexibility index (Phi) is 6.24. The van der Waals surface area contributed by atoms with Crippen molar-refractivity contribution in [2.24, 2.45) is 0 Å². The maximum absolute atomic E-state index is 10.2. The first-order valence-electron chi connectivity index (χ1n) is 8.75. The number of benzene rings is 1. The number of aliphatic hydroxyl groups excluding tert-OH is 1. The molecule has 0 aliphatic heterocycles. The molecule has 0 amide bonds. The summed E-state index contributed by atoms with van der Waals surface area (Å²) in [4.78, 5) is 0. The van der Waals surface area contributed by atoms with E-state index in [0.29, 0.717) is 6.54 Å². The molecule has 24 heavy (non-hydrogen) atoms. The number of rotatable bonds is 8. The summed E-state index contributed by atoms with van der Waals surface area (Å²) in [6.07, 6.45) is 2.47. The normalized spacial score (nSPS) is 13.4. The van der Waals surface area contributed by atoms with Crippen molar-refractivity contribution in [3.05, 3.63) is 23.4 Å². The molecule has 0 aliphatic carbocycles. The number of aliphatic hydroxyl groups is 1. The lowest BCUT2D eigenvalue weighted by Crippen LogP contribution is -2.42. The second-order valence-electron chi connectivity index (χ2n) is 7.41. The summed E-state index contributed by atoms with van der Waals surface area (Å²) < 4.78 is 11.4. The van der Waals surface area contributed by atoms with Crippen molar-refractivity contribution in [1.82, 2.24) is 10.5 Å². The maximum atomic E-state index is 10.2. The number of unbranched alkanes of at least 4 members (excludes halogenated alkanes) is 1. The molecule has 0 bridgehead atoms. The molecule has 1 unspecified atom stereocenters. The number of fused-ring (bicyclic) bond motifs is 1. The van der Waals surface area contributed by atoms with Crippen LogP contribution in [0.15, 0.2) is 16.7 Å². The second kappa shape index (κ2) is 7.99. The van der Waals surface area contributed by atoms with Crippen molar-refractivity contribution >= 4 is 11.0 Å². The summed E-state index contributed by atoms with van der Waals surface area (Å²) in [5.41, 5.74) is 2.68. The lowest BCUT2D eigenvalue weighted by molar-refractivity contribution is 0.100. The van der Waals surface area contributed by atoms with E-state index in [1.54, 1.807) is 0 Å². The molecule has 134 valence electrons. The Morgan fingerprint density at radius 1 is 1.33 bits per heavy atom. The third-order valence-corrected chi connectivity index (χ3v) is 3.91. The van der Waals surface area contributed by atoms with E-state index in [0.717, 1.165) is 47.2 Å². The zero-order chi connectivity index (χ0) is 17.7. The summed E-state index contributed by atoms with van der Waals surface area (Å²) in [5.74, 6) is 0.773. The van der Waals surface area contributed by atoms with Gasteiger partial charge in [-0.05, 0) is 52.2 Å².